The number of aryl methyl sites for hydroxylation is 1. The summed E-state index contributed by atoms with van der Waals surface area (Å²) in [6, 6.07) is 0. The van der Waals surface area contributed by atoms with Crippen LogP contribution in [0.15, 0.2) is 0 Å². The molecule has 1 aromatic heterocycles. The van der Waals surface area contributed by atoms with Crippen LogP contribution < -0.4 is 5.73 Å². The predicted molar refractivity (Wildman–Crippen MR) is 70.9 cm³/mol. The number of carbonyl (C=O) groups is 1. The van der Waals surface area contributed by atoms with Crippen molar-refractivity contribution in [1.82, 2.24) is 9.88 Å². The highest BCUT2D eigenvalue weighted by Crippen LogP contribution is 2.21. The van der Waals surface area contributed by atoms with Crippen molar-refractivity contribution in [2.45, 2.75) is 6.92 Å². The number of ether oxygens (including phenoxy) is 2. The summed E-state index contributed by atoms with van der Waals surface area (Å²) < 4.78 is 10.0. The van der Waals surface area contributed by atoms with Crippen LogP contribution in [-0.2, 0) is 9.47 Å². The van der Waals surface area contributed by atoms with E-state index in [1.54, 1.807) is 26.0 Å². The van der Waals surface area contributed by atoms with Crippen molar-refractivity contribution in [3.63, 3.8) is 0 Å². The van der Waals surface area contributed by atoms with Crippen molar-refractivity contribution in [3.05, 3.63) is 10.6 Å². The average Bonchev–Trinajstić information content (AvgIpc) is 2.68. The Kier molecular flexibility index (Phi) is 6.03. The molecule has 0 saturated heterocycles. The number of nitrogen functional groups attached to an aromatic ring is 1. The molecule has 18 heavy (non-hydrogen) atoms. The molecule has 0 bridgehead atoms. The third-order valence-corrected chi connectivity index (χ3v) is 3.40. The molecule has 0 saturated carbocycles. The lowest BCUT2D eigenvalue weighted by molar-refractivity contribution is 0.0631. The second-order valence-electron chi connectivity index (χ2n) is 3.74. The highest BCUT2D eigenvalue weighted by Gasteiger charge is 2.20. The van der Waals surface area contributed by atoms with E-state index in [0.717, 1.165) is 0 Å². The van der Waals surface area contributed by atoms with Crippen molar-refractivity contribution in [2.24, 2.45) is 0 Å². The Balaban J connectivity index is 2.77. The Hall–Kier alpha value is -1.18. The average molecular weight is 273 g/mol. The first kappa shape index (κ1) is 14.9. The molecule has 102 valence electrons. The Morgan fingerprint density at radius 3 is 2.28 bits per heavy atom. The molecule has 1 heterocycles. The SMILES string of the molecule is COCCN(CCOC)C(=O)c1sc(N)nc1C. The van der Waals surface area contributed by atoms with Gasteiger partial charge in [0.1, 0.15) is 4.88 Å². The molecule has 1 rings (SSSR count). The number of hydrogen-bond donors (Lipinski definition) is 1. The van der Waals surface area contributed by atoms with Crippen molar-refractivity contribution in [2.75, 3.05) is 46.3 Å². The second-order valence-corrected chi connectivity index (χ2v) is 4.78. The summed E-state index contributed by atoms with van der Waals surface area (Å²) in [7, 11) is 3.21. The van der Waals surface area contributed by atoms with Crippen LogP contribution >= 0.6 is 11.3 Å². The summed E-state index contributed by atoms with van der Waals surface area (Å²) in [5.74, 6) is -0.0733. The molecule has 0 aromatic carbocycles. The third kappa shape index (κ3) is 3.94. The first-order chi connectivity index (χ1) is 8.60. The van der Waals surface area contributed by atoms with E-state index in [-0.39, 0.29) is 5.91 Å². The smallest absolute Gasteiger partial charge is 0.266 e. The first-order valence-corrected chi connectivity index (χ1v) is 6.41. The molecule has 6 nitrogen and oxygen atoms in total. The number of nitrogens with zero attached hydrogens (tertiary/aromatic N) is 2. The molecule has 1 amide bonds. The largest absolute Gasteiger partial charge is 0.383 e. The van der Waals surface area contributed by atoms with Crippen LogP contribution in [0.25, 0.3) is 0 Å². The number of amides is 1. The maximum Gasteiger partial charge on any atom is 0.266 e. The van der Waals surface area contributed by atoms with E-state index in [2.05, 4.69) is 4.98 Å². The molecule has 7 heteroatoms. The van der Waals surface area contributed by atoms with Gasteiger partial charge in [-0.25, -0.2) is 4.98 Å². The standard InChI is InChI=1S/C11H19N3O3S/c1-8-9(18-11(12)13-8)10(15)14(4-6-16-2)5-7-17-3/h4-7H2,1-3H3,(H2,12,13). The Labute approximate surface area is 111 Å². The molecular weight excluding hydrogens is 254 g/mol. The van der Waals surface area contributed by atoms with E-state index in [1.807, 2.05) is 0 Å². The number of methoxy groups -OCH3 is 2. The maximum absolute atomic E-state index is 12.3. The van der Waals surface area contributed by atoms with Crippen molar-refractivity contribution >= 4 is 22.4 Å². The van der Waals surface area contributed by atoms with Gasteiger partial charge in [0.25, 0.3) is 5.91 Å². The summed E-state index contributed by atoms with van der Waals surface area (Å²) in [5, 5.41) is 0.411. The molecule has 0 aliphatic rings. The summed E-state index contributed by atoms with van der Waals surface area (Å²) in [6.07, 6.45) is 0. The van der Waals surface area contributed by atoms with Gasteiger partial charge in [-0.3, -0.25) is 4.79 Å². The fourth-order valence-electron chi connectivity index (χ4n) is 1.48. The lowest BCUT2D eigenvalue weighted by Crippen LogP contribution is -2.36. The lowest BCUT2D eigenvalue weighted by atomic mass is 10.3. The van der Waals surface area contributed by atoms with Crippen molar-refractivity contribution in [1.29, 1.82) is 0 Å². The molecule has 0 unspecified atom stereocenters. The summed E-state index contributed by atoms with van der Waals surface area (Å²) in [5.41, 5.74) is 6.27. The molecule has 0 fully saturated rings. The molecule has 0 radical (unpaired) electrons. The zero-order chi connectivity index (χ0) is 13.5. The Morgan fingerprint density at radius 1 is 1.33 bits per heavy atom. The molecular formula is C11H19N3O3S. The zero-order valence-electron chi connectivity index (χ0n) is 10.9. The van der Waals surface area contributed by atoms with E-state index in [1.165, 1.54) is 11.3 Å². The van der Waals surface area contributed by atoms with Crippen molar-refractivity contribution < 1.29 is 14.3 Å². The number of aromatic nitrogens is 1. The van der Waals surface area contributed by atoms with Gasteiger partial charge in [-0.05, 0) is 6.92 Å². The van der Waals surface area contributed by atoms with Crippen LogP contribution in [0.4, 0.5) is 5.13 Å². The Bertz CT molecular complexity index is 387. The maximum atomic E-state index is 12.3. The fourth-order valence-corrected chi connectivity index (χ4v) is 2.28. The predicted octanol–water partition coefficient (Wildman–Crippen LogP) is 0.769. The molecule has 1 aromatic rings. The number of nitrogens with two attached hydrogens (primary N) is 1. The first-order valence-electron chi connectivity index (χ1n) is 5.60. The molecule has 0 atom stereocenters. The van der Waals surface area contributed by atoms with E-state index in [4.69, 9.17) is 15.2 Å². The minimum atomic E-state index is -0.0733. The topological polar surface area (TPSA) is 77.7 Å². The zero-order valence-corrected chi connectivity index (χ0v) is 11.7. The van der Waals surface area contributed by atoms with Crippen LogP contribution in [-0.4, -0.2) is 56.3 Å². The van der Waals surface area contributed by atoms with Crippen LogP contribution in [0.1, 0.15) is 15.4 Å². The summed E-state index contributed by atoms with van der Waals surface area (Å²) in [4.78, 5) is 18.7. The van der Waals surface area contributed by atoms with Gasteiger partial charge in [0.15, 0.2) is 5.13 Å². The monoisotopic (exact) mass is 273 g/mol. The van der Waals surface area contributed by atoms with Crippen LogP contribution in [0, 0.1) is 6.92 Å². The van der Waals surface area contributed by atoms with Crippen LogP contribution in [0.3, 0.4) is 0 Å². The normalized spacial score (nSPS) is 10.6. The van der Waals surface area contributed by atoms with Crippen molar-refractivity contribution in [3.8, 4) is 0 Å². The highest BCUT2D eigenvalue weighted by molar-refractivity contribution is 7.17. The number of rotatable bonds is 7. The summed E-state index contributed by atoms with van der Waals surface area (Å²) >= 11 is 1.21. The van der Waals surface area contributed by atoms with E-state index < -0.39 is 0 Å². The van der Waals surface area contributed by atoms with Gasteiger partial charge in [0.2, 0.25) is 0 Å². The Morgan fingerprint density at radius 2 is 1.89 bits per heavy atom. The van der Waals surface area contributed by atoms with Gasteiger partial charge in [-0.15, -0.1) is 0 Å². The van der Waals surface area contributed by atoms with E-state index in [9.17, 15) is 4.79 Å². The molecule has 0 spiro atoms. The van der Waals surface area contributed by atoms with Gasteiger partial charge < -0.3 is 20.1 Å². The summed E-state index contributed by atoms with van der Waals surface area (Å²) in [6.45, 7) is 3.81. The molecule has 0 aliphatic heterocycles. The molecule has 2 N–H and O–H groups in total. The number of carbonyl (C=O) groups excluding carboxylic acids is 1. The highest BCUT2D eigenvalue weighted by atomic mass is 32.1. The lowest BCUT2D eigenvalue weighted by Gasteiger charge is -2.21. The number of anilines is 1. The quantitative estimate of drug-likeness (QED) is 0.794. The van der Waals surface area contributed by atoms with Gasteiger partial charge in [-0.1, -0.05) is 11.3 Å². The third-order valence-electron chi connectivity index (χ3n) is 2.43. The van der Waals surface area contributed by atoms with E-state index in [0.29, 0.717) is 42.0 Å². The number of thiazole rings is 1. The fraction of sp³-hybridized carbons (Fsp3) is 0.636. The minimum Gasteiger partial charge on any atom is -0.383 e. The second kappa shape index (κ2) is 7.30. The van der Waals surface area contributed by atoms with Gasteiger partial charge in [0.05, 0.1) is 18.9 Å². The van der Waals surface area contributed by atoms with Gasteiger partial charge in [-0.2, -0.15) is 0 Å². The van der Waals surface area contributed by atoms with Gasteiger partial charge in [0, 0.05) is 27.3 Å². The number of hydrogen-bond acceptors (Lipinski definition) is 6. The van der Waals surface area contributed by atoms with Crippen LogP contribution in [0.5, 0.6) is 0 Å². The molecule has 0 aliphatic carbocycles. The minimum absolute atomic E-state index is 0.0733. The van der Waals surface area contributed by atoms with Crippen LogP contribution in [0.2, 0.25) is 0 Å². The van der Waals surface area contributed by atoms with Gasteiger partial charge >= 0.3 is 0 Å². The van der Waals surface area contributed by atoms with E-state index >= 15 is 0 Å².